The standard InChI is InChI=1S/C44H52F2N8O11/c1-24(48-35(57)22-54-36(58)13-14-37(54)59)40(61)49-25(2)41(62)51-32(19-34(47)56)42(63)50-31(43(64)65)15-16-53(38(60)23-55)39(44(3,4)5)33-17-27(29-18-28(45)11-12-30(29)46)21-52(33)20-26-9-7-6-8-10-26/h6-14,17-18,21,24-25,31-32,39,55H,15-16,19-20,22-23H2,1-5H3,(H2,47,56)(H,48,57)(H,49,61)(H,50,63)(H,51,62)(H,64,65). The van der Waals surface area contributed by atoms with Gasteiger partial charge in [-0.3, -0.25) is 43.3 Å². The molecule has 5 atom stereocenters. The van der Waals surface area contributed by atoms with Gasteiger partial charge in [0, 0.05) is 48.3 Å². The number of imide groups is 1. The number of aromatic nitrogens is 1. The fourth-order valence-electron chi connectivity index (χ4n) is 7.09. The van der Waals surface area contributed by atoms with Crippen molar-refractivity contribution in [3.63, 3.8) is 0 Å². The highest BCUT2D eigenvalue weighted by Gasteiger charge is 2.39. The Morgan fingerprint density at radius 3 is 2.00 bits per heavy atom. The zero-order valence-electron chi connectivity index (χ0n) is 36.3. The maximum Gasteiger partial charge on any atom is 0.326 e. The third-order valence-corrected chi connectivity index (χ3v) is 10.3. The topological polar surface area (TPSA) is 280 Å². The van der Waals surface area contributed by atoms with E-state index in [0.29, 0.717) is 10.6 Å². The molecule has 0 fully saturated rings. The van der Waals surface area contributed by atoms with Crippen molar-refractivity contribution in [1.82, 2.24) is 35.6 Å². The maximum absolute atomic E-state index is 15.2. The number of nitrogens with two attached hydrogens (primary N) is 1. The van der Waals surface area contributed by atoms with Crippen LogP contribution in [-0.2, 0) is 49.7 Å². The molecule has 348 valence electrons. The van der Waals surface area contributed by atoms with Gasteiger partial charge < -0.3 is 46.7 Å². The van der Waals surface area contributed by atoms with E-state index in [1.807, 2.05) is 30.3 Å². The number of aliphatic hydroxyl groups excluding tert-OH is 1. The van der Waals surface area contributed by atoms with Crippen LogP contribution in [0.5, 0.6) is 0 Å². The van der Waals surface area contributed by atoms with Crippen molar-refractivity contribution >= 4 is 53.2 Å². The van der Waals surface area contributed by atoms with E-state index in [1.165, 1.54) is 18.7 Å². The van der Waals surface area contributed by atoms with Crippen molar-refractivity contribution in [2.24, 2.45) is 11.1 Å². The van der Waals surface area contributed by atoms with Gasteiger partial charge in [-0.15, -0.1) is 0 Å². The summed E-state index contributed by atoms with van der Waals surface area (Å²) in [4.78, 5) is 116. The van der Waals surface area contributed by atoms with Crippen LogP contribution in [-0.4, -0.2) is 122 Å². The minimum Gasteiger partial charge on any atom is -0.480 e. The molecule has 5 unspecified atom stereocenters. The molecule has 2 heterocycles. The molecule has 1 aliphatic heterocycles. The van der Waals surface area contributed by atoms with Gasteiger partial charge in [0.15, 0.2) is 0 Å². The number of carboxylic acids is 1. The van der Waals surface area contributed by atoms with E-state index in [1.54, 1.807) is 37.6 Å². The molecule has 65 heavy (non-hydrogen) atoms. The number of aliphatic carboxylic acids is 1. The van der Waals surface area contributed by atoms with Gasteiger partial charge in [-0.05, 0) is 55.5 Å². The lowest BCUT2D eigenvalue weighted by Gasteiger charge is -2.41. The van der Waals surface area contributed by atoms with Crippen LogP contribution in [0.15, 0.2) is 72.9 Å². The highest BCUT2D eigenvalue weighted by atomic mass is 19.1. The Labute approximate surface area is 372 Å². The lowest BCUT2D eigenvalue weighted by Crippen LogP contribution is -2.57. The third kappa shape index (κ3) is 13.6. The quantitative estimate of drug-likeness (QED) is 0.0729. The van der Waals surface area contributed by atoms with Crippen LogP contribution in [0.25, 0.3) is 11.1 Å². The molecule has 1 aliphatic rings. The van der Waals surface area contributed by atoms with Crippen LogP contribution in [0.2, 0.25) is 0 Å². The summed E-state index contributed by atoms with van der Waals surface area (Å²) in [6.07, 6.45) is 2.26. The molecule has 2 aromatic carbocycles. The summed E-state index contributed by atoms with van der Waals surface area (Å²) in [6, 6.07) is 6.54. The van der Waals surface area contributed by atoms with Gasteiger partial charge in [-0.25, -0.2) is 13.6 Å². The highest BCUT2D eigenvalue weighted by Crippen LogP contribution is 2.41. The molecule has 21 heteroatoms. The van der Waals surface area contributed by atoms with Crippen molar-refractivity contribution in [2.45, 2.75) is 84.2 Å². The second-order valence-electron chi connectivity index (χ2n) is 16.4. The van der Waals surface area contributed by atoms with E-state index in [9.17, 15) is 57.8 Å². The third-order valence-electron chi connectivity index (χ3n) is 10.3. The summed E-state index contributed by atoms with van der Waals surface area (Å²) in [5, 5.41) is 29.5. The van der Waals surface area contributed by atoms with Crippen molar-refractivity contribution in [2.75, 3.05) is 19.7 Å². The van der Waals surface area contributed by atoms with Crippen molar-refractivity contribution < 1.29 is 62.1 Å². The molecule has 0 aliphatic carbocycles. The number of carbonyl (C=O) groups excluding carboxylic acids is 8. The normalized spacial score (nSPS) is 14.7. The molecule has 0 radical (unpaired) electrons. The van der Waals surface area contributed by atoms with E-state index in [0.717, 1.165) is 35.9 Å². The number of carbonyl (C=O) groups is 9. The number of halogens is 2. The Morgan fingerprint density at radius 2 is 1.42 bits per heavy atom. The highest BCUT2D eigenvalue weighted by molar-refractivity contribution is 6.14. The molecular formula is C44H52F2N8O11. The molecule has 8 amide bonds. The zero-order chi connectivity index (χ0) is 48.3. The monoisotopic (exact) mass is 906 g/mol. The Kier molecular flexibility index (Phi) is 16.9. The number of rotatable bonds is 21. The average Bonchev–Trinajstić information content (AvgIpc) is 3.78. The summed E-state index contributed by atoms with van der Waals surface area (Å²) in [5.74, 6) is -10.3. The smallest absolute Gasteiger partial charge is 0.326 e. The predicted molar refractivity (Wildman–Crippen MR) is 227 cm³/mol. The van der Waals surface area contributed by atoms with Gasteiger partial charge in [-0.1, -0.05) is 51.1 Å². The van der Waals surface area contributed by atoms with Gasteiger partial charge in [0.05, 0.1) is 12.5 Å². The van der Waals surface area contributed by atoms with Gasteiger partial charge in [-0.2, -0.15) is 0 Å². The molecule has 0 saturated heterocycles. The molecular weight excluding hydrogens is 855 g/mol. The number of nitrogens with one attached hydrogen (secondary N) is 4. The lowest BCUT2D eigenvalue weighted by molar-refractivity contribution is -0.145. The summed E-state index contributed by atoms with van der Waals surface area (Å²) in [5.41, 5.74) is 5.94. The Bertz CT molecular complexity index is 2330. The molecule has 4 rings (SSSR count). The van der Waals surface area contributed by atoms with Gasteiger partial charge in [0.2, 0.25) is 35.4 Å². The fourth-order valence-corrected chi connectivity index (χ4v) is 7.09. The number of carboxylic acid groups (broad SMARTS) is 1. The number of hydrogen-bond donors (Lipinski definition) is 7. The van der Waals surface area contributed by atoms with Crippen LogP contribution < -0.4 is 27.0 Å². The Balaban J connectivity index is 1.53. The van der Waals surface area contributed by atoms with Gasteiger partial charge in [0.1, 0.15) is 49.0 Å². The minimum absolute atomic E-state index is 0.0578. The lowest BCUT2D eigenvalue weighted by atomic mass is 9.82. The van der Waals surface area contributed by atoms with Crippen LogP contribution in [0.1, 0.15) is 64.8 Å². The number of benzene rings is 2. The van der Waals surface area contributed by atoms with E-state index in [4.69, 9.17) is 5.73 Å². The number of nitrogens with zero attached hydrogens (tertiary/aromatic N) is 3. The van der Waals surface area contributed by atoms with E-state index in [2.05, 4.69) is 21.3 Å². The van der Waals surface area contributed by atoms with Crippen molar-refractivity contribution in [3.8, 4) is 11.1 Å². The first-order chi connectivity index (χ1) is 30.5. The first-order valence-corrected chi connectivity index (χ1v) is 20.4. The van der Waals surface area contributed by atoms with Crippen LogP contribution in [0.3, 0.4) is 0 Å². The van der Waals surface area contributed by atoms with Gasteiger partial charge >= 0.3 is 5.97 Å². The molecule has 1 aromatic heterocycles. The maximum atomic E-state index is 15.2. The number of aliphatic hydroxyl groups is 1. The average molecular weight is 907 g/mol. The summed E-state index contributed by atoms with van der Waals surface area (Å²) in [7, 11) is 0. The predicted octanol–water partition coefficient (Wildman–Crippen LogP) is 0.644. The first kappa shape index (κ1) is 50.4. The molecule has 3 aromatic rings. The molecule has 8 N–H and O–H groups in total. The summed E-state index contributed by atoms with van der Waals surface area (Å²) in [6.45, 7) is 5.95. The van der Waals surface area contributed by atoms with Crippen molar-refractivity contribution in [1.29, 1.82) is 0 Å². The Morgan fingerprint density at radius 1 is 0.815 bits per heavy atom. The van der Waals surface area contributed by atoms with Gasteiger partial charge in [0.25, 0.3) is 11.8 Å². The number of primary amides is 1. The van der Waals surface area contributed by atoms with Crippen LogP contribution >= 0.6 is 0 Å². The minimum atomic E-state index is -1.76. The molecule has 0 spiro atoms. The molecule has 0 saturated carbocycles. The SMILES string of the molecule is CC(NC(=O)CN1C(=O)C=CC1=O)C(=O)NC(C)C(=O)NC(CC(N)=O)C(=O)NC(CCN(C(=O)CO)C(c1cc(-c2cc(F)ccc2F)cn1Cc1ccccc1)C(C)(C)C)C(=O)O. The number of hydrogen-bond acceptors (Lipinski definition) is 10. The molecule has 0 bridgehead atoms. The van der Waals surface area contributed by atoms with Crippen LogP contribution in [0, 0.1) is 17.0 Å². The Hall–Kier alpha value is -7.29. The summed E-state index contributed by atoms with van der Waals surface area (Å²) >= 11 is 0. The van der Waals surface area contributed by atoms with E-state index in [-0.39, 0.29) is 17.7 Å². The number of amides is 8. The second kappa shape index (κ2) is 21.9. The zero-order valence-corrected chi connectivity index (χ0v) is 36.3. The summed E-state index contributed by atoms with van der Waals surface area (Å²) < 4.78 is 31.3. The largest absolute Gasteiger partial charge is 0.480 e. The fraction of sp³-hybridized carbons (Fsp3) is 0.386. The van der Waals surface area contributed by atoms with Crippen molar-refractivity contribution in [3.05, 3.63) is 95.8 Å². The van der Waals surface area contributed by atoms with E-state index < -0.39 is 133 Å². The second-order valence-corrected chi connectivity index (χ2v) is 16.4. The van der Waals surface area contributed by atoms with E-state index >= 15 is 4.39 Å². The molecule has 19 nitrogen and oxygen atoms in total. The van der Waals surface area contributed by atoms with Crippen LogP contribution in [0.4, 0.5) is 8.78 Å². The first-order valence-electron chi connectivity index (χ1n) is 20.4.